The lowest BCUT2D eigenvalue weighted by molar-refractivity contribution is -0.385. The number of aromatic nitrogens is 1. The van der Waals surface area contributed by atoms with Gasteiger partial charge in [-0.15, -0.1) is 0 Å². The maximum atomic E-state index is 12.8. The van der Waals surface area contributed by atoms with Gasteiger partial charge in [0.25, 0.3) is 11.6 Å². The number of nitro benzene ring substituents is 1. The van der Waals surface area contributed by atoms with Gasteiger partial charge in [-0.25, -0.2) is 0 Å². The molecule has 1 saturated heterocycles. The minimum absolute atomic E-state index is 0.00354. The average molecular weight is 476 g/mol. The van der Waals surface area contributed by atoms with Crippen LogP contribution in [0, 0.1) is 36.8 Å². The number of amides is 3. The van der Waals surface area contributed by atoms with Gasteiger partial charge in [-0.2, -0.15) is 0 Å². The van der Waals surface area contributed by atoms with E-state index >= 15 is 0 Å². The maximum absolute atomic E-state index is 12.8. The number of rotatable bonds is 6. The third-order valence-electron chi connectivity index (χ3n) is 6.10. The molecule has 1 aliphatic heterocycles. The molecule has 180 valence electrons. The van der Waals surface area contributed by atoms with Crippen LogP contribution >= 0.6 is 0 Å². The Bertz CT molecular complexity index is 1310. The third-order valence-corrected chi connectivity index (χ3v) is 6.10. The highest BCUT2D eigenvalue weighted by Crippen LogP contribution is 2.30. The third kappa shape index (κ3) is 4.91. The van der Waals surface area contributed by atoms with Crippen LogP contribution in [-0.2, 0) is 9.59 Å². The van der Waals surface area contributed by atoms with E-state index in [0.29, 0.717) is 22.5 Å². The number of nitro groups is 1. The fourth-order valence-electron chi connectivity index (χ4n) is 4.06. The molecule has 3 amide bonds. The van der Waals surface area contributed by atoms with Crippen molar-refractivity contribution >= 4 is 34.8 Å². The lowest BCUT2D eigenvalue weighted by Gasteiger charge is -2.17. The summed E-state index contributed by atoms with van der Waals surface area (Å²) in [6, 6.07) is 14.9. The number of benzene rings is 2. The molecular weight excluding hydrogens is 450 g/mol. The van der Waals surface area contributed by atoms with Gasteiger partial charge in [0.15, 0.2) is 0 Å². The van der Waals surface area contributed by atoms with Gasteiger partial charge in [0.1, 0.15) is 0 Å². The van der Waals surface area contributed by atoms with Crippen LogP contribution in [0.15, 0.2) is 54.6 Å². The number of anilines is 2. The smallest absolute Gasteiger partial charge is 0.274 e. The molecule has 1 aromatic heterocycles. The van der Waals surface area contributed by atoms with E-state index in [4.69, 9.17) is 0 Å². The Balaban J connectivity index is 1.39. The first kappa shape index (κ1) is 23.7. The molecule has 0 spiro atoms. The molecule has 0 saturated carbocycles. The largest absolute Gasteiger partial charge is 0.326 e. The highest BCUT2D eigenvalue weighted by molar-refractivity contribution is 6.04. The van der Waals surface area contributed by atoms with E-state index in [-0.39, 0.29) is 36.4 Å². The fraction of sp³-hybridized carbons (Fsp3) is 0.240. The summed E-state index contributed by atoms with van der Waals surface area (Å²) < 4.78 is 1.70. The first-order valence-corrected chi connectivity index (χ1v) is 11.1. The highest BCUT2D eigenvalue weighted by Gasteiger charge is 2.35. The molecule has 0 aliphatic carbocycles. The Morgan fingerprint density at radius 3 is 2.29 bits per heavy atom. The van der Waals surface area contributed by atoms with Gasteiger partial charge in [-0.05, 0) is 63.2 Å². The Kier molecular flexibility index (Phi) is 6.37. The number of carbonyl (C=O) groups is 3. The van der Waals surface area contributed by atoms with Crippen LogP contribution in [0.2, 0.25) is 0 Å². The van der Waals surface area contributed by atoms with E-state index in [2.05, 4.69) is 10.7 Å². The second-order valence-electron chi connectivity index (χ2n) is 8.59. The maximum Gasteiger partial charge on any atom is 0.274 e. The van der Waals surface area contributed by atoms with Gasteiger partial charge >= 0.3 is 0 Å². The van der Waals surface area contributed by atoms with Crippen LogP contribution in [0.4, 0.5) is 17.1 Å². The number of nitrogens with zero attached hydrogens (tertiary/aromatic N) is 3. The summed E-state index contributed by atoms with van der Waals surface area (Å²) in [5, 5.41) is 14.0. The second kappa shape index (κ2) is 9.41. The summed E-state index contributed by atoms with van der Waals surface area (Å²) in [7, 11) is 0. The van der Waals surface area contributed by atoms with Crippen molar-refractivity contribution in [2.45, 2.75) is 27.2 Å². The van der Waals surface area contributed by atoms with Crippen molar-refractivity contribution in [3.8, 4) is 0 Å². The van der Waals surface area contributed by atoms with Crippen molar-refractivity contribution in [3.05, 3.63) is 87.2 Å². The standard InChI is InChI=1S/C25H25N5O5/c1-15-4-11-21(13-22(15)30(34)35)28-14-19(12-23(28)31)24(32)26-20-9-7-18(8-10-20)25(33)27-29-16(2)5-6-17(29)3/h4-11,13,19H,12,14H2,1-3H3,(H,26,32)(H,27,33)/t19-/m1/s1. The molecule has 0 radical (unpaired) electrons. The first-order valence-electron chi connectivity index (χ1n) is 11.1. The number of nitrogens with one attached hydrogen (secondary N) is 2. The van der Waals surface area contributed by atoms with Gasteiger partial charge in [0.2, 0.25) is 11.8 Å². The van der Waals surface area contributed by atoms with E-state index in [1.165, 1.54) is 11.0 Å². The lowest BCUT2D eigenvalue weighted by Crippen LogP contribution is -2.28. The van der Waals surface area contributed by atoms with E-state index in [1.807, 2.05) is 26.0 Å². The van der Waals surface area contributed by atoms with Crippen molar-refractivity contribution < 1.29 is 19.3 Å². The summed E-state index contributed by atoms with van der Waals surface area (Å²) in [4.78, 5) is 50.0. The highest BCUT2D eigenvalue weighted by atomic mass is 16.6. The summed E-state index contributed by atoms with van der Waals surface area (Å²) in [5.74, 6) is -1.50. The molecule has 3 aromatic rings. The van der Waals surface area contributed by atoms with E-state index in [0.717, 1.165) is 11.4 Å². The van der Waals surface area contributed by atoms with Gasteiger partial charge < -0.3 is 10.2 Å². The zero-order valence-corrected chi connectivity index (χ0v) is 19.6. The topological polar surface area (TPSA) is 127 Å². The quantitative estimate of drug-likeness (QED) is 0.415. The number of aryl methyl sites for hydroxylation is 3. The zero-order chi connectivity index (χ0) is 25.3. The molecule has 2 aromatic carbocycles. The molecule has 4 rings (SSSR count). The van der Waals surface area contributed by atoms with Crippen LogP contribution in [0.1, 0.15) is 33.7 Å². The van der Waals surface area contributed by atoms with Crippen molar-refractivity contribution in [1.82, 2.24) is 4.68 Å². The molecule has 10 nitrogen and oxygen atoms in total. The van der Waals surface area contributed by atoms with Gasteiger partial charge in [-0.1, -0.05) is 6.07 Å². The molecule has 1 atom stereocenters. The van der Waals surface area contributed by atoms with Crippen molar-refractivity contribution in [2.24, 2.45) is 5.92 Å². The Labute approximate surface area is 201 Å². The molecular formula is C25H25N5O5. The molecule has 1 fully saturated rings. The van der Waals surface area contributed by atoms with Gasteiger partial charge in [-0.3, -0.25) is 34.6 Å². The fourth-order valence-corrected chi connectivity index (χ4v) is 4.06. The zero-order valence-electron chi connectivity index (χ0n) is 19.6. The molecule has 10 heteroatoms. The molecule has 2 N–H and O–H groups in total. The van der Waals surface area contributed by atoms with Crippen molar-refractivity contribution in [3.63, 3.8) is 0 Å². The SMILES string of the molecule is Cc1ccc(N2C[C@H](C(=O)Nc3ccc(C(=O)Nn4c(C)ccc4C)cc3)CC2=O)cc1[N+](=O)[O-]. The molecule has 1 aliphatic rings. The summed E-state index contributed by atoms with van der Waals surface area (Å²) in [6.45, 7) is 5.53. The number of hydrogen-bond donors (Lipinski definition) is 2. The van der Waals surface area contributed by atoms with Crippen LogP contribution in [0.5, 0.6) is 0 Å². The van der Waals surface area contributed by atoms with Crippen LogP contribution in [0.25, 0.3) is 0 Å². The van der Waals surface area contributed by atoms with Crippen LogP contribution in [0.3, 0.4) is 0 Å². The van der Waals surface area contributed by atoms with Gasteiger partial charge in [0.05, 0.1) is 16.5 Å². The second-order valence-corrected chi connectivity index (χ2v) is 8.59. The molecule has 0 unspecified atom stereocenters. The Morgan fingerprint density at radius 2 is 1.66 bits per heavy atom. The first-order chi connectivity index (χ1) is 16.6. The summed E-state index contributed by atoms with van der Waals surface area (Å²) in [6.07, 6.45) is 0.00354. The summed E-state index contributed by atoms with van der Waals surface area (Å²) >= 11 is 0. The predicted molar refractivity (Wildman–Crippen MR) is 131 cm³/mol. The lowest BCUT2D eigenvalue weighted by atomic mass is 10.1. The minimum atomic E-state index is -0.606. The Hall–Kier alpha value is -4.47. The monoisotopic (exact) mass is 475 g/mol. The Morgan fingerprint density at radius 1 is 1.00 bits per heavy atom. The average Bonchev–Trinajstić information content (AvgIpc) is 3.37. The predicted octanol–water partition coefficient (Wildman–Crippen LogP) is 3.70. The van der Waals surface area contributed by atoms with Crippen molar-refractivity contribution in [2.75, 3.05) is 22.2 Å². The molecule has 0 bridgehead atoms. The van der Waals surface area contributed by atoms with Crippen molar-refractivity contribution in [1.29, 1.82) is 0 Å². The van der Waals surface area contributed by atoms with Crippen LogP contribution in [-0.4, -0.2) is 33.9 Å². The summed E-state index contributed by atoms with van der Waals surface area (Å²) in [5.41, 5.74) is 6.37. The number of hydrogen-bond acceptors (Lipinski definition) is 5. The normalized spacial score (nSPS) is 15.2. The van der Waals surface area contributed by atoms with E-state index in [9.17, 15) is 24.5 Å². The molecule has 35 heavy (non-hydrogen) atoms. The van der Waals surface area contributed by atoms with Gasteiger partial charge in [0, 0.05) is 47.2 Å². The van der Waals surface area contributed by atoms with E-state index < -0.39 is 10.8 Å². The van der Waals surface area contributed by atoms with Crippen LogP contribution < -0.4 is 15.6 Å². The molecule has 2 heterocycles. The number of carbonyl (C=O) groups excluding carboxylic acids is 3. The minimum Gasteiger partial charge on any atom is -0.326 e. The van der Waals surface area contributed by atoms with E-state index in [1.54, 1.807) is 48.0 Å².